The number of amides is 1. The van der Waals surface area contributed by atoms with Gasteiger partial charge in [0.1, 0.15) is 18.1 Å². The normalized spacial score (nSPS) is 19.6. The van der Waals surface area contributed by atoms with Crippen molar-refractivity contribution in [2.45, 2.75) is 39.2 Å². The summed E-state index contributed by atoms with van der Waals surface area (Å²) in [6.45, 7) is 5.15. The maximum absolute atomic E-state index is 13.6. The van der Waals surface area contributed by atoms with Gasteiger partial charge in [0, 0.05) is 25.9 Å². The van der Waals surface area contributed by atoms with E-state index >= 15 is 0 Å². The summed E-state index contributed by atoms with van der Waals surface area (Å²) in [5.41, 5.74) is 2.42. The van der Waals surface area contributed by atoms with Crippen LogP contribution in [0, 0.1) is 5.92 Å². The number of carbonyl (C=O) groups excluding carboxylic acids is 3. The van der Waals surface area contributed by atoms with Crippen LogP contribution in [0.2, 0.25) is 0 Å². The molecule has 0 aliphatic carbocycles. The van der Waals surface area contributed by atoms with E-state index in [1.807, 2.05) is 64.9 Å². The second kappa shape index (κ2) is 14.6. The molecule has 5 rings (SSSR count). The van der Waals surface area contributed by atoms with E-state index in [4.69, 9.17) is 23.9 Å². The number of likely N-dealkylation sites (tertiary alicyclic amines) is 1. The van der Waals surface area contributed by atoms with Gasteiger partial charge in [-0.05, 0) is 61.9 Å². The summed E-state index contributed by atoms with van der Waals surface area (Å²) >= 11 is 1.41. The van der Waals surface area contributed by atoms with Crippen molar-refractivity contribution < 1.29 is 33.3 Å². The van der Waals surface area contributed by atoms with Crippen LogP contribution in [-0.4, -0.2) is 72.8 Å². The topological polar surface area (TPSA) is 107 Å². The van der Waals surface area contributed by atoms with Crippen molar-refractivity contribution >= 4 is 34.8 Å². The molecule has 2 atom stereocenters. The molecule has 1 amide bonds. The van der Waals surface area contributed by atoms with Crippen LogP contribution < -0.4 is 4.74 Å². The molecule has 10 nitrogen and oxygen atoms in total. The molecule has 0 radical (unpaired) electrons. The fourth-order valence-electron chi connectivity index (χ4n) is 5.54. The Morgan fingerprint density at radius 2 is 1.82 bits per heavy atom. The molecule has 2 aromatic rings. The van der Waals surface area contributed by atoms with Crippen LogP contribution >= 0.6 is 11.8 Å². The molecule has 0 spiro atoms. The quantitative estimate of drug-likeness (QED) is 0.240. The van der Waals surface area contributed by atoms with Gasteiger partial charge in [-0.1, -0.05) is 42.1 Å². The summed E-state index contributed by atoms with van der Waals surface area (Å²) in [6.07, 6.45) is 1.52. The van der Waals surface area contributed by atoms with Crippen LogP contribution in [0.4, 0.5) is 0 Å². The SMILES string of the molecule is CCOC(=O)[C@H]1CCCN(C(=O)CC2=CSC3=NC(C)=C(C(=O)OCCOC)[C@@H](c4cccc(Oc5ccccc5)c4)N23)C1. The predicted molar refractivity (Wildman–Crippen MR) is 167 cm³/mol. The number of amidine groups is 1. The molecule has 11 heteroatoms. The highest BCUT2D eigenvalue weighted by Gasteiger charge is 2.42. The maximum Gasteiger partial charge on any atom is 0.338 e. The minimum absolute atomic E-state index is 0.0866. The Labute approximate surface area is 261 Å². The number of fused-ring (bicyclic) bond motifs is 1. The Morgan fingerprint density at radius 1 is 1.02 bits per heavy atom. The number of allylic oxidation sites excluding steroid dienone is 1. The van der Waals surface area contributed by atoms with Crippen molar-refractivity contribution in [3.8, 4) is 11.5 Å². The van der Waals surface area contributed by atoms with E-state index in [2.05, 4.69) is 0 Å². The number of esters is 2. The van der Waals surface area contributed by atoms with Crippen molar-refractivity contribution in [3.63, 3.8) is 0 Å². The van der Waals surface area contributed by atoms with Gasteiger partial charge in [-0.25, -0.2) is 9.79 Å². The predicted octanol–water partition coefficient (Wildman–Crippen LogP) is 5.44. The zero-order valence-corrected chi connectivity index (χ0v) is 26.0. The third kappa shape index (κ3) is 7.16. The third-order valence-electron chi connectivity index (χ3n) is 7.62. The van der Waals surface area contributed by atoms with Crippen LogP contribution in [0.5, 0.6) is 11.5 Å². The van der Waals surface area contributed by atoms with Gasteiger partial charge in [-0.3, -0.25) is 9.59 Å². The molecule has 3 aliphatic rings. The summed E-state index contributed by atoms with van der Waals surface area (Å²) in [5, 5.41) is 2.58. The molecule has 0 bridgehead atoms. The molecule has 2 aromatic carbocycles. The van der Waals surface area contributed by atoms with E-state index in [-0.39, 0.29) is 37.4 Å². The first-order chi connectivity index (χ1) is 21.4. The number of aliphatic imine (C=N–C) groups is 1. The average Bonchev–Trinajstić information content (AvgIpc) is 3.42. The first-order valence-electron chi connectivity index (χ1n) is 14.8. The highest BCUT2D eigenvalue weighted by atomic mass is 32.2. The fraction of sp³-hybridized carbons (Fsp3) is 0.394. The van der Waals surface area contributed by atoms with Crippen molar-refractivity contribution in [2.75, 3.05) is 40.0 Å². The number of methoxy groups -OCH3 is 1. The lowest BCUT2D eigenvalue weighted by atomic mass is 9.93. The molecule has 1 fully saturated rings. The molecule has 3 aliphatic heterocycles. The van der Waals surface area contributed by atoms with E-state index < -0.39 is 12.0 Å². The van der Waals surface area contributed by atoms with Gasteiger partial charge in [-0.15, -0.1) is 0 Å². The molecule has 0 aromatic heterocycles. The Hall–Kier alpha value is -4.09. The molecule has 3 heterocycles. The number of thioether (sulfide) groups is 1. The number of rotatable bonds is 11. The highest BCUT2D eigenvalue weighted by molar-refractivity contribution is 8.16. The van der Waals surface area contributed by atoms with Crippen LogP contribution in [0.25, 0.3) is 0 Å². The Balaban J connectivity index is 1.43. The third-order valence-corrected chi connectivity index (χ3v) is 8.51. The molecule has 44 heavy (non-hydrogen) atoms. The lowest BCUT2D eigenvalue weighted by Gasteiger charge is -2.37. The number of piperidine rings is 1. The Bertz CT molecular complexity index is 1470. The highest BCUT2D eigenvalue weighted by Crippen LogP contribution is 2.45. The van der Waals surface area contributed by atoms with Gasteiger partial charge in [0.2, 0.25) is 5.91 Å². The van der Waals surface area contributed by atoms with Gasteiger partial charge in [0.25, 0.3) is 0 Å². The summed E-state index contributed by atoms with van der Waals surface area (Å²) in [5.74, 6) is 0.105. The maximum atomic E-state index is 13.6. The number of hydrogen-bond donors (Lipinski definition) is 0. The molecule has 232 valence electrons. The summed E-state index contributed by atoms with van der Waals surface area (Å²) in [7, 11) is 1.55. The molecule has 0 unspecified atom stereocenters. The number of hydrogen-bond acceptors (Lipinski definition) is 10. The average molecular weight is 620 g/mol. The van der Waals surface area contributed by atoms with Crippen LogP contribution in [-0.2, 0) is 28.6 Å². The van der Waals surface area contributed by atoms with E-state index in [0.29, 0.717) is 59.8 Å². The zero-order chi connectivity index (χ0) is 31.1. The summed E-state index contributed by atoms with van der Waals surface area (Å²) in [4.78, 5) is 48.0. The number of carbonyl (C=O) groups is 3. The summed E-state index contributed by atoms with van der Waals surface area (Å²) in [6, 6.07) is 16.4. The fourth-order valence-corrected chi connectivity index (χ4v) is 6.50. The molecule has 0 saturated carbocycles. The second-order valence-corrected chi connectivity index (χ2v) is 11.5. The lowest BCUT2D eigenvalue weighted by Crippen LogP contribution is -2.44. The van der Waals surface area contributed by atoms with Gasteiger partial charge >= 0.3 is 11.9 Å². The van der Waals surface area contributed by atoms with Crippen LogP contribution in [0.3, 0.4) is 0 Å². The van der Waals surface area contributed by atoms with Crippen molar-refractivity contribution in [1.29, 1.82) is 0 Å². The lowest BCUT2D eigenvalue weighted by molar-refractivity contribution is -0.151. The van der Waals surface area contributed by atoms with E-state index in [1.54, 1.807) is 25.9 Å². The number of benzene rings is 2. The summed E-state index contributed by atoms with van der Waals surface area (Å²) < 4.78 is 22.0. The first-order valence-corrected chi connectivity index (χ1v) is 15.6. The van der Waals surface area contributed by atoms with Gasteiger partial charge in [0.05, 0.1) is 42.9 Å². The van der Waals surface area contributed by atoms with Crippen LogP contribution in [0.1, 0.15) is 44.7 Å². The monoisotopic (exact) mass is 619 g/mol. The minimum atomic E-state index is -0.612. The minimum Gasteiger partial charge on any atom is -0.466 e. The van der Waals surface area contributed by atoms with Crippen molar-refractivity contribution in [1.82, 2.24) is 9.80 Å². The molecular weight excluding hydrogens is 582 g/mol. The molecular formula is C33H37N3O7S. The standard InChI is InChI=1S/C33H37N3O7S/c1-4-41-31(38)24-11-9-15-35(20-24)28(37)19-25-21-44-33-34-22(2)29(32(39)42-17-16-40-3)30(36(25)33)23-10-8-14-27(18-23)43-26-12-6-5-7-13-26/h5-8,10,12-14,18,21,24,30H,4,9,11,15-17,19-20H2,1-3H3/t24-,30+/m0/s1. The van der Waals surface area contributed by atoms with Gasteiger partial charge < -0.3 is 28.7 Å². The van der Waals surface area contributed by atoms with Gasteiger partial charge in [0.15, 0.2) is 5.17 Å². The Kier molecular flexibility index (Phi) is 10.4. The largest absolute Gasteiger partial charge is 0.466 e. The first kappa shape index (κ1) is 31.3. The number of nitrogens with zero attached hydrogens (tertiary/aromatic N) is 3. The van der Waals surface area contributed by atoms with E-state index in [9.17, 15) is 14.4 Å². The Morgan fingerprint density at radius 3 is 2.59 bits per heavy atom. The molecule has 0 N–H and O–H groups in total. The van der Waals surface area contributed by atoms with Gasteiger partial charge in [-0.2, -0.15) is 0 Å². The number of para-hydroxylation sites is 1. The van der Waals surface area contributed by atoms with Crippen molar-refractivity contribution in [3.05, 3.63) is 82.5 Å². The molecule has 1 saturated heterocycles. The van der Waals surface area contributed by atoms with Crippen molar-refractivity contribution in [2.24, 2.45) is 10.9 Å². The smallest absolute Gasteiger partial charge is 0.338 e. The zero-order valence-electron chi connectivity index (χ0n) is 25.2. The van der Waals surface area contributed by atoms with E-state index in [1.165, 1.54) is 11.8 Å². The van der Waals surface area contributed by atoms with E-state index in [0.717, 1.165) is 12.0 Å². The number of ether oxygens (including phenoxy) is 4. The van der Waals surface area contributed by atoms with Crippen LogP contribution in [0.15, 0.2) is 82.0 Å². The second-order valence-electron chi connectivity index (χ2n) is 10.6.